The van der Waals surface area contributed by atoms with Crippen LogP contribution in [0.2, 0.25) is 0 Å². The molecule has 0 atom stereocenters. The summed E-state index contributed by atoms with van der Waals surface area (Å²) in [5, 5.41) is 3.22. The van der Waals surface area contributed by atoms with Crippen LogP contribution in [0.5, 0.6) is 0 Å². The number of nitrogens with zero attached hydrogens (tertiary/aromatic N) is 1. The minimum atomic E-state index is -4.36. The molecule has 0 saturated heterocycles. The molecule has 0 aliphatic heterocycles. The Morgan fingerprint density at radius 3 is 2.33 bits per heavy atom. The van der Waals surface area contributed by atoms with Crippen molar-refractivity contribution in [2.24, 2.45) is 0 Å². The van der Waals surface area contributed by atoms with E-state index in [1.165, 1.54) is 18.9 Å². The van der Waals surface area contributed by atoms with E-state index in [1.807, 2.05) is 14.1 Å². The molecule has 1 aromatic rings. The summed E-state index contributed by atoms with van der Waals surface area (Å²) in [4.78, 5) is 2.20. The number of rotatable bonds is 4. The lowest BCUT2D eigenvalue weighted by atomic mass is 9.96. The van der Waals surface area contributed by atoms with Crippen LogP contribution in [0.1, 0.15) is 31.2 Å². The molecule has 1 aliphatic rings. The summed E-state index contributed by atoms with van der Waals surface area (Å²) >= 11 is 0. The third-order valence-electron chi connectivity index (χ3n) is 4.47. The van der Waals surface area contributed by atoms with Crippen molar-refractivity contribution in [3.05, 3.63) is 23.8 Å². The maximum atomic E-state index is 12.6. The molecular weight excluding hydrogens is 279 g/mol. The SMILES string of the molecule is CN(C)C1(CNc2ccc(C(F)(F)F)cc2N)CCCC1. The average molecular weight is 301 g/mol. The normalized spacial score (nSPS) is 18.2. The number of alkyl halides is 3. The van der Waals surface area contributed by atoms with Gasteiger partial charge < -0.3 is 16.0 Å². The lowest BCUT2D eigenvalue weighted by Crippen LogP contribution is -2.47. The van der Waals surface area contributed by atoms with Crippen molar-refractivity contribution in [3.8, 4) is 0 Å². The Hall–Kier alpha value is -1.43. The molecule has 0 radical (unpaired) electrons. The van der Waals surface area contributed by atoms with E-state index < -0.39 is 11.7 Å². The molecule has 118 valence electrons. The van der Waals surface area contributed by atoms with Crippen molar-refractivity contribution in [3.63, 3.8) is 0 Å². The number of likely N-dealkylation sites (N-methyl/N-ethyl adjacent to an activating group) is 1. The lowest BCUT2D eigenvalue weighted by Gasteiger charge is -2.37. The molecule has 2 rings (SSSR count). The van der Waals surface area contributed by atoms with Crippen LogP contribution in [0.4, 0.5) is 24.5 Å². The first kappa shape index (κ1) is 15.9. The van der Waals surface area contributed by atoms with Crippen molar-refractivity contribution in [2.75, 3.05) is 31.7 Å². The Balaban J connectivity index is 2.10. The summed E-state index contributed by atoms with van der Waals surface area (Å²) in [6.07, 6.45) is 0.189. The van der Waals surface area contributed by atoms with E-state index in [2.05, 4.69) is 10.2 Å². The van der Waals surface area contributed by atoms with Gasteiger partial charge in [-0.15, -0.1) is 0 Å². The van der Waals surface area contributed by atoms with Gasteiger partial charge in [0, 0.05) is 12.1 Å². The van der Waals surface area contributed by atoms with E-state index in [9.17, 15) is 13.2 Å². The predicted octanol–water partition coefficient (Wildman–Crippen LogP) is 3.57. The third-order valence-corrected chi connectivity index (χ3v) is 4.47. The summed E-state index contributed by atoms with van der Waals surface area (Å²) in [7, 11) is 4.09. The number of hydrogen-bond donors (Lipinski definition) is 2. The largest absolute Gasteiger partial charge is 0.416 e. The van der Waals surface area contributed by atoms with Crippen molar-refractivity contribution in [1.29, 1.82) is 0 Å². The van der Waals surface area contributed by atoms with Crippen LogP contribution in [0.25, 0.3) is 0 Å². The van der Waals surface area contributed by atoms with Crippen molar-refractivity contribution < 1.29 is 13.2 Å². The Morgan fingerprint density at radius 1 is 1.24 bits per heavy atom. The van der Waals surface area contributed by atoms with Gasteiger partial charge in [-0.2, -0.15) is 13.2 Å². The van der Waals surface area contributed by atoms with Crippen LogP contribution in [-0.2, 0) is 6.18 Å². The van der Waals surface area contributed by atoms with Crippen LogP contribution in [0.15, 0.2) is 18.2 Å². The first-order chi connectivity index (χ1) is 9.74. The van der Waals surface area contributed by atoms with Crippen LogP contribution in [0, 0.1) is 0 Å². The quantitative estimate of drug-likeness (QED) is 0.835. The van der Waals surface area contributed by atoms with Gasteiger partial charge in [0.2, 0.25) is 0 Å². The Bertz CT molecular complexity index is 491. The molecule has 21 heavy (non-hydrogen) atoms. The number of nitrogens with two attached hydrogens (primary N) is 1. The zero-order valence-electron chi connectivity index (χ0n) is 12.4. The van der Waals surface area contributed by atoms with Gasteiger partial charge in [-0.1, -0.05) is 12.8 Å². The van der Waals surface area contributed by atoms with E-state index >= 15 is 0 Å². The van der Waals surface area contributed by atoms with Crippen LogP contribution in [-0.4, -0.2) is 31.1 Å². The molecule has 0 heterocycles. The summed E-state index contributed by atoms with van der Waals surface area (Å²) in [5.74, 6) is 0. The van der Waals surface area contributed by atoms with E-state index in [0.29, 0.717) is 12.2 Å². The van der Waals surface area contributed by atoms with Gasteiger partial charge in [-0.3, -0.25) is 0 Å². The number of hydrogen-bond acceptors (Lipinski definition) is 3. The topological polar surface area (TPSA) is 41.3 Å². The zero-order valence-corrected chi connectivity index (χ0v) is 12.4. The first-order valence-electron chi connectivity index (χ1n) is 7.13. The highest BCUT2D eigenvalue weighted by Crippen LogP contribution is 2.36. The molecule has 3 N–H and O–H groups in total. The van der Waals surface area contributed by atoms with E-state index in [-0.39, 0.29) is 11.2 Å². The number of benzene rings is 1. The maximum Gasteiger partial charge on any atom is 0.416 e. The van der Waals surface area contributed by atoms with E-state index in [4.69, 9.17) is 5.73 Å². The number of anilines is 2. The van der Waals surface area contributed by atoms with Gasteiger partial charge in [0.15, 0.2) is 0 Å². The molecule has 1 aliphatic carbocycles. The fourth-order valence-electron chi connectivity index (χ4n) is 2.98. The lowest BCUT2D eigenvalue weighted by molar-refractivity contribution is -0.137. The van der Waals surface area contributed by atoms with E-state index in [1.54, 1.807) is 0 Å². The highest BCUT2D eigenvalue weighted by Gasteiger charge is 2.36. The molecule has 0 bridgehead atoms. The Morgan fingerprint density at radius 2 is 1.86 bits per heavy atom. The number of nitrogens with one attached hydrogen (secondary N) is 1. The highest BCUT2D eigenvalue weighted by molar-refractivity contribution is 5.67. The first-order valence-corrected chi connectivity index (χ1v) is 7.13. The molecule has 0 unspecified atom stereocenters. The fourth-order valence-corrected chi connectivity index (χ4v) is 2.98. The molecular formula is C15H22F3N3. The summed E-state index contributed by atoms with van der Waals surface area (Å²) < 4.78 is 37.8. The van der Waals surface area contributed by atoms with Gasteiger partial charge in [0.05, 0.1) is 16.9 Å². The zero-order chi connectivity index (χ0) is 15.7. The van der Waals surface area contributed by atoms with Gasteiger partial charge in [-0.25, -0.2) is 0 Å². The minimum absolute atomic E-state index is 0.0646. The minimum Gasteiger partial charge on any atom is -0.397 e. The molecule has 1 saturated carbocycles. The molecule has 3 nitrogen and oxygen atoms in total. The molecule has 0 spiro atoms. The summed E-state index contributed by atoms with van der Waals surface area (Å²) in [6, 6.07) is 3.46. The monoisotopic (exact) mass is 301 g/mol. The summed E-state index contributed by atoms with van der Waals surface area (Å²) in [6.45, 7) is 0.690. The van der Waals surface area contributed by atoms with Gasteiger partial charge >= 0.3 is 6.18 Å². The molecule has 0 aromatic heterocycles. The molecule has 6 heteroatoms. The second-order valence-corrected chi connectivity index (χ2v) is 5.98. The predicted molar refractivity (Wildman–Crippen MR) is 79.2 cm³/mol. The second kappa shape index (κ2) is 5.75. The molecule has 0 amide bonds. The second-order valence-electron chi connectivity index (χ2n) is 5.98. The average Bonchev–Trinajstić information content (AvgIpc) is 2.86. The van der Waals surface area contributed by atoms with E-state index in [0.717, 1.165) is 25.0 Å². The third kappa shape index (κ3) is 3.43. The maximum absolute atomic E-state index is 12.6. The Kier molecular flexibility index (Phi) is 4.37. The number of halogens is 3. The Labute approximate surface area is 123 Å². The van der Waals surface area contributed by atoms with Gasteiger partial charge in [-0.05, 0) is 45.1 Å². The van der Waals surface area contributed by atoms with Crippen molar-refractivity contribution in [1.82, 2.24) is 4.90 Å². The number of nitrogen functional groups attached to an aromatic ring is 1. The summed E-state index contributed by atoms with van der Waals surface area (Å²) in [5.41, 5.74) is 5.80. The molecule has 1 fully saturated rings. The standard InChI is InChI=1S/C15H22F3N3/c1-21(2)14(7-3-4-8-14)10-20-13-6-5-11(9-12(13)19)15(16,17)18/h5-6,9,20H,3-4,7-8,10,19H2,1-2H3. The molecule has 1 aromatic carbocycles. The van der Waals surface area contributed by atoms with Gasteiger partial charge in [0.1, 0.15) is 0 Å². The van der Waals surface area contributed by atoms with Crippen LogP contribution in [0.3, 0.4) is 0 Å². The van der Waals surface area contributed by atoms with Crippen molar-refractivity contribution in [2.45, 2.75) is 37.4 Å². The van der Waals surface area contributed by atoms with Crippen LogP contribution >= 0.6 is 0 Å². The van der Waals surface area contributed by atoms with Crippen molar-refractivity contribution >= 4 is 11.4 Å². The fraction of sp³-hybridized carbons (Fsp3) is 0.600. The van der Waals surface area contributed by atoms with Crippen LogP contribution < -0.4 is 11.1 Å². The van der Waals surface area contributed by atoms with Gasteiger partial charge in [0.25, 0.3) is 0 Å². The highest BCUT2D eigenvalue weighted by atomic mass is 19.4. The smallest absolute Gasteiger partial charge is 0.397 e.